The molecule has 4 heteroatoms. The predicted octanol–water partition coefficient (Wildman–Crippen LogP) is 3.17. The molecule has 0 saturated carbocycles. The first-order chi connectivity index (χ1) is 10.5. The second-order valence-electron chi connectivity index (χ2n) is 5.93. The molecule has 0 atom stereocenters. The summed E-state index contributed by atoms with van der Waals surface area (Å²) in [6.45, 7) is 0. The van der Waals surface area contributed by atoms with Gasteiger partial charge in [-0.15, -0.1) is 0 Å². The van der Waals surface area contributed by atoms with Crippen molar-refractivity contribution in [3.05, 3.63) is 46.5 Å². The topological polar surface area (TPSA) is 80.9 Å². The number of fused-ring (bicyclic) bond motifs is 4. The Morgan fingerprint density at radius 3 is 1.18 bits per heavy atom. The number of phenols is 4. The maximum atomic E-state index is 10.3. The number of hydrogen-bond donors (Lipinski definition) is 4. The van der Waals surface area contributed by atoms with Gasteiger partial charge in [-0.2, -0.15) is 0 Å². The molecule has 1 aliphatic rings. The summed E-state index contributed by atoms with van der Waals surface area (Å²) in [4.78, 5) is 0. The Bertz CT molecular complexity index is 645. The largest absolute Gasteiger partial charge is 0.508 e. The van der Waals surface area contributed by atoms with Gasteiger partial charge in [0, 0.05) is 0 Å². The van der Waals surface area contributed by atoms with E-state index in [1.54, 1.807) is 24.3 Å². The van der Waals surface area contributed by atoms with Crippen molar-refractivity contribution < 1.29 is 20.4 Å². The van der Waals surface area contributed by atoms with Crippen LogP contribution in [-0.2, 0) is 25.7 Å². The number of rotatable bonds is 0. The summed E-state index contributed by atoms with van der Waals surface area (Å²) < 4.78 is 0. The van der Waals surface area contributed by atoms with E-state index in [2.05, 4.69) is 0 Å². The van der Waals surface area contributed by atoms with Crippen LogP contribution in [0.1, 0.15) is 35.1 Å². The van der Waals surface area contributed by atoms with E-state index in [4.69, 9.17) is 0 Å². The van der Waals surface area contributed by atoms with E-state index in [-0.39, 0.29) is 23.0 Å². The van der Waals surface area contributed by atoms with Gasteiger partial charge in [0.2, 0.25) is 0 Å². The molecule has 0 amide bonds. The summed E-state index contributed by atoms with van der Waals surface area (Å²) in [5.41, 5.74) is 2.87. The first-order valence-electron chi connectivity index (χ1n) is 7.62. The van der Waals surface area contributed by atoms with Crippen molar-refractivity contribution in [1.82, 2.24) is 0 Å². The molecule has 2 aromatic carbocycles. The molecule has 4 bridgehead atoms. The molecule has 1 aliphatic carbocycles. The monoisotopic (exact) mass is 300 g/mol. The highest BCUT2D eigenvalue weighted by atomic mass is 16.3. The summed E-state index contributed by atoms with van der Waals surface area (Å²) in [5, 5.41) is 40.3. The molecule has 0 unspecified atom stereocenters. The van der Waals surface area contributed by atoms with E-state index in [0.29, 0.717) is 36.8 Å². The molecular weight excluding hydrogens is 280 g/mol. The number of aryl methyl sites for hydroxylation is 4. The van der Waals surface area contributed by atoms with Crippen LogP contribution in [-0.4, -0.2) is 20.4 Å². The summed E-state index contributed by atoms with van der Waals surface area (Å²) in [5.74, 6) is 0.776. The van der Waals surface area contributed by atoms with Gasteiger partial charge in [-0.25, -0.2) is 0 Å². The lowest BCUT2D eigenvalue weighted by Gasteiger charge is -2.15. The Labute approximate surface area is 129 Å². The van der Waals surface area contributed by atoms with E-state index in [1.807, 2.05) is 0 Å². The van der Waals surface area contributed by atoms with Crippen LogP contribution in [0.3, 0.4) is 0 Å². The third-order valence-corrected chi connectivity index (χ3v) is 4.31. The molecule has 0 radical (unpaired) electrons. The van der Waals surface area contributed by atoms with E-state index in [0.717, 1.165) is 24.0 Å². The van der Waals surface area contributed by atoms with Gasteiger partial charge >= 0.3 is 0 Å². The van der Waals surface area contributed by atoms with Gasteiger partial charge in [0.05, 0.1) is 0 Å². The molecule has 0 fully saturated rings. The van der Waals surface area contributed by atoms with Gasteiger partial charge in [0.15, 0.2) is 0 Å². The van der Waals surface area contributed by atoms with Crippen molar-refractivity contribution in [2.45, 2.75) is 38.5 Å². The standard InChI is InChI=1S/C18H20O4/c19-15-7-11-3-1-2-4-12-8-16(20)10-14(18(12)22)6-5-13(9-15)17(11)21/h7-10,19-22H,1-6H2. The minimum Gasteiger partial charge on any atom is -0.508 e. The molecule has 2 aromatic rings. The van der Waals surface area contributed by atoms with Crippen LogP contribution < -0.4 is 0 Å². The smallest absolute Gasteiger partial charge is 0.122 e. The molecule has 116 valence electrons. The lowest BCUT2D eigenvalue weighted by Crippen LogP contribution is -2.00. The minimum absolute atomic E-state index is 0.153. The highest BCUT2D eigenvalue weighted by Gasteiger charge is 2.15. The highest BCUT2D eigenvalue weighted by molar-refractivity contribution is 5.49. The third kappa shape index (κ3) is 2.82. The molecule has 0 heterocycles. The number of phenolic OH excluding ortho intramolecular Hbond substituents is 4. The van der Waals surface area contributed by atoms with Crippen molar-refractivity contribution in [3.8, 4) is 23.0 Å². The molecule has 4 N–H and O–H groups in total. The summed E-state index contributed by atoms with van der Waals surface area (Å²) in [7, 11) is 0. The van der Waals surface area contributed by atoms with E-state index >= 15 is 0 Å². The molecule has 0 aliphatic heterocycles. The second-order valence-corrected chi connectivity index (χ2v) is 5.93. The molecule has 22 heavy (non-hydrogen) atoms. The van der Waals surface area contributed by atoms with Crippen molar-refractivity contribution >= 4 is 0 Å². The Morgan fingerprint density at radius 2 is 0.818 bits per heavy atom. The van der Waals surface area contributed by atoms with Crippen LogP contribution >= 0.6 is 0 Å². The average molecular weight is 300 g/mol. The van der Waals surface area contributed by atoms with E-state index in [9.17, 15) is 20.4 Å². The quantitative estimate of drug-likeness (QED) is 0.563. The van der Waals surface area contributed by atoms with Crippen LogP contribution in [0.4, 0.5) is 0 Å². The molecule has 3 rings (SSSR count). The third-order valence-electron chi connectivity index (χ3n) is 4.31. The normalized spacial score (nSPS) is 14.9. The zero-order chi connectivity index (χ0) is 15.7. The van der Waals surface area contributed by atoms with Crippen molar-refractivity contribution in [1.29, 1.82) is 0 Å². The van der Waals surface area contributed by atoms with E-state index in [1.165, 1.54) is 0 Å². The van der Waals surface area contributed by atoms with Gasteiger partial charge < -0.3 is 20.4 Å². The first kappa shape index (κ1) is 14.6. The van der Waals surface area contributed by atoms with Crippen molar-refractivity contribution in [2.24, 2.45) is 0 Å². The van der Waals surface area contributed by atoms with Crippen molar-refractivity contribution in [2.75, 3.05) is 0 Å². The SMILES string of the molecule is Oc1cc2c(O)c(c1)CCc1cc(O)cc(c1O)CCCC2. The molecule has 0 aromatic heterocycles. The Hall–Kier alpha value is -2.36. The summed E-state index contributed by atoms with van der Waals surface area (Å²) >= 11 is 0. The zero-order valence-corrected chi connectivity index (χ0v) is 12.3. The number of hydrogen-bond acceptors (Lipinski definition) is 4. The summed E-state index contributed by atoms with van der Waals surface area (Å²) in [6.07, 6.45) is 4.01. The maximum Gasteiger partial charge on any atom is 0.122 e. The Balaban J connectivity index is 2.03. The average Bonchev–Trinajstić information content (AvgIpc) is 2.47. The fraction of sp³-hybridized carbons (Fsp3) is 0.333. The fourth-order valence-electron chi connectivity index (χ4n) is 3.15. The van der Waals surface area contributed by atoms with Crippen LogP contribution in [0, 0.1) is 0 Å². The highest BCUT2D eigenvalue weighted by Crippen LogP contribution is 2.34. The number of aromatic hydroxyl groups is 4. The van der Waals surface area contributed by atoms with Crippen LogP contribution in [0.15, 0.2) is 24.3 Å². The van der Waals surface area contributed by atoms with Gasteiger partial charge in [-0.3, -0.25) is 0 Å². The second kappa shape index (κ2) is 5.79. The number of benzene rings is 2. The molecule has 4 nitrogen and oxygen atoms in total. The molecule has 0 spiro atoms. The van der Waals surface area contributed by atoms with Gasteiger partial charge in [-0.05, 0) is 85.0 Å². The van der Waals surface area contributed by atoms with Crippen LogP contribution in [0.25, 0.3) is 0 Å². The van der Waals surface area contributed by atoms with Gasteiger partial charge in [0.25, 0.3) is 0 Å². The van der Waals surface area contributed by atoms with E-state index < -0.39 is 0 Å². The van der Waals surface area contributed by atoms with Gasteiger partial charge in [0.1, 0.15) is 23.0 Å². The Kier molecular flexibility index (Phi) is 3.84. The first-order valence-corrected chi connectivity index (χ1v) is 7.62. The van der Waals surface area contributed by atoms with Crippen molar-refractivity contribution in [3.63, 3.8) is 0 Å². The molecular formula is C18H20O4. The fourth-order valence-corrected chi connectivity index (χ4v) is 3.15. The summed E-state index contributed by atoms with van der Waals surface area (Å²) in [6, 6.07) is 6.36. The Morgan fingerprint density at radius 1 is 0.500 bits per heavy atom. The lowest BCUT2D eigenvalue weighted by molar-refractivity contribution is 0.438. The van der Waals surface area contributed by atoms with Gasteiger partial charge in [-0.1, -0.05) is 0 Å². The maximum absolute atomic E-state index is 10.3. The minimum atomic E-state index is 0.153. The van der Waals surface area contributed by atoms with Crippen LogP contribution in [0.2, 0.25) is 0 Å². The zero-order valence-electron chi connectivity index (χ0n) is 12.3. The van der Waals surface area contributed by atoms with Crippen LogP contribution in [0.5, 0.6) is 23.0 Å². The molecule has 0 saturated heterocycles. The lowest BCUT2D eigenvalue weighted by atomic mass is 9.93. The predicted molar refractivity (Wildman–Crippen MR) is 83.6 cm³/mol.